The average molecular weight is 300 g/mol. The summed E-state index contributed by atoms with van der Waals surface area (Å²) in [6.45, 7) is 5.17. The van der Waals surface area contributed by atoms with Crippen molar-refractivity contribution in [3.8, 4) is 22.6 Å². The van der Waals surface area contributed by atoms with E-state index in [0.29, 0.717) is 23.1 Å². The predicted octanol–water partition coefficient (Wildman–Crippen LogP) is 2.91. The van der Waals surface area contributed by atoms with E-state index in [-0.39, 0.29) is 11.5 Å². The predicted molar refractivity (Wildman–Crippen MR) is 85.7 cm³/mol. The van der Waals surface area contributed by atoms with Crippen LogP contribution in [0.25, 0.3) is 11.1 Å². The van der Waals surface area contributed by atoms with Crippen molar-refractivity contribution in [2.45, 2.75) is 25.6 Å². The molecule has 0 unspecified atom stereocenters. The first-order chi connectivity index (χ1) is 10.4. The molecule has 0 amide bonds. The number of hydrogen-bond donors (Lipinski definition) is 4. The maximum Gasteiger partial charge on any atom is 0.123 e. The maximum absolute atomic E-state index is 10.1. The molecular weight excluding hydrogens is 280 g/mol. The summed E-state index contributed by atoms with van der Waals surface area (Å²) in [4.78, 5) is 0. The Morgan fingerprint density at radius 3 is 2.18 bits per heavy atom. The van der Waals surface area contributed by atoms with Crippen molar-refractivity contribution in [1.82, 2.24) is 0 Å². The summed E-state index contributed by atoms with van der Waals surface area (Å²) in [5, 5.41) is 39.6. The highest BCUT2D eigenvalue weighted by Gasteiger charge is 2.17. The Morgan fingerprint density at radius 2 is 1.59 bits per heavy atom. The van der Waals surface area contributed by atoms with Gasteiger partial charge < -0.3 is 20.4 Å². The van der Waals surface area contributed by atoms with Crippen molar-refractivity contribution >= 4 is 0 Å². The monoisotopic (exact) mass is 300 g/mol. The van der Waals surface area contributed by atoms with Gasteiger partial charge >= 0.3 is 0 Å². The number of allylic oxidation sites excluding steroid dienone is 1. The Morgan fingerprint density at radius 1 is 1.00 bits per heavy atom. The van der Waals surface area contributed by atoms with Crippen molar-refractivity contribution in [3.63, 3.8) is 0 Å². The quantitative estimate of drug-likeness (QED) is 0.640. The minimum Gasteiger partial charge on any atom is -0.507 e. The number of aliphatic hydroxyl groups is 2. The van der Waals surface area contributed by atoms with Crippen LogP contribution in [0.15, 0.2) is 49.1 Å². The van der Waals surface area contributed by atoms with Gasteiger partial charge in [0.05, 0.1) is 6.10 Å². The number of rotatable bonds is 5. The van der Waals surface area contributed by atoms with Gasteiger partial charge in [-0.1, -0.05) is 18.2 Å². The third-order valence-electron chi connectivity index (χ3n) is 3.55. The molecule has 0 spiro atoms. The average Bonchev–Trinajstić information content (AvgIpc) is 2.49. The Labute approximate surface area is 129 Å². The molecule has 2 rings (SSSR count). The summed E-state index contributed by atoms with van der Waals surface area (Å²) in [6, 6.07) is 9.66. The second-order valence-electron chi connectivity index (χ2n) is 5.31. The van der Waals surface area contributed by atoms with E-state index in [2.05, 4.69) is 6.58 Å². The van der Waals surface area contributed by atoms with Crippen molar-refractivity contribution < 1.29 is 20.4 Å². The molecule has 0 heterocycles. The molecule has 0 aliphatic rings. The van der Waals surface area contributed by atoms with Crippen LogP contribution in [0.5, 0.6) is 11.5 Å². The van der Waals surface area contributed by atoms with Gasteiger partial charge in [0.1, 0.15) is 17.6 Å². The zero-order chi connectivity index (χ0) is 16.3. The van der Waals surface area contributed by atoms with E-state index >= 15 is 0 Å². The molecule has 0 aliphatic carbocycles. The smallest absolute Gasteiger partial charge is 0.123 e. The second-order valence-corrected chi connectivity index (χ2v) is 5.31. The summed E-state index contributed by atoms with van der Waals surface area (Å²) < 4.78 is 0. The van der Waals surface area contributed by atoms with Gasteiger partial charge in [-0.3, -0.25) is 0 Å². The molecule has 22 heavy (non-hydrogen) atoms. The van der Waals surface area contributed by atoms with E-state index < -0.39 is 12.2 Å². The zero-order valence-corrected chi connectivity index (χ0v) is 12.4. The molecule has 0 aliphatic heterocycles. The van der Waals surface area contributed by atoms with Gasteiger partial charge in [-0.25, -0.2) is 0 Å². The molecule has 4 nitrogen and oxygen atoms in total. The SMILES string of the molecule is C=CCc1ccc(O)c(-c2cc([C@H](O)[C@H](C)O)ccc2O)c1. The summed E-state index contributed by atoms with van der Waals surface area (Å²) >= 11 is 0. The van der Waals surface area contributed by atoms with E-state index in [0.717, 1.165) is 5.56 Å². The lowest BCUT2D eigenvalue weighted by atomic mass is 9.95. The topological polar surface area (TPSA) is 80.9 Å². The Hall–Kier alpha value is -2.30. The van der Waals surface area contributed by atoms with E-state index in [1.807, 2.05) is 0 Å². The van der Waals surface area contributed by atoms with Gasteiger partial charge in [-0.2, -0.15) is 0 Å². The fraction of sp³-hybridized carbons (Fsp3) is 0.222. The lowest BCUT2D eigenvalue weighted by Crippen LogP contribution is -2.13. The first kappa shape index (κ1) is 16.1. The molecule has 0 bridgehead atoms. The number of phenolic OH excluding ortho intramolecular Hbond substituents is 2. The van der Waals surface area contributed by atoms with Crippen LogP contribution in [0.1, 0.15) is 24.2 Å². The van der Waals surface area contributed by atoms with Crippen molar-refractivity contribution in [3.05, 3.63) is 60.2 Å². The van der Waals surface area contributed by atoms with E-state index in [9.17, 15) is 20.4 Å². The summed E-state index contributed by atoms with van der Waals surface area (Å²) in [5.41, 5.74) is 2.29. The van der Waals surface area contributed by atoms with Crippen LogP contribution in [-0.2, 0) is 6.42 Å². The van der Waals surface area contributed by atoms with E-state index in [1.165, 1.54) is 13.0 Å². The Balaban J connectivity index is 2.54. The maximum atomic E-state index is 10.1. The molecule has 4 heteroatoms. The summed E-state index contributed by atoms with van der Waals surface area (Å²) in [6.07, 6.45) is 0.407. The van der Waals surface area contributed by atoms with Gasteiger partial charge in [0.25, 0.3) is 0 Å². The van der Waals surface area contributed by atoms with Crippen LogP contribution in [0.4, 0.5) is 0 Å². The van der Waals surface area contributed by atoms with Crippen molar-refractivity contribution in [2.24, 2.45) is 0 Å². The van der Waals surface area contributed by atoms with Crippen LogP contribution in [0.3, 0.4) is 0 Å². The summed E-state index contributed by atoms with van der Waals surface area (Å²) in [7, 11) is 0. The van der Waals surface area contributed by atoms with Gasteiger partial charge in [-0.05, 0) is 48.7 Å². The summed E-state index contributed by atoms with van der Waals surface area (Å²) in [5.74, 6) is 0.0272. The number of aromatic hydroxyl groups is 2. The van der Waals surface area contributed by atoms with Crippen LogP contribution in [0, 0.1) is 0 Å². The molecule has 0 radical (unpaired) electrons. The Kier molecular flexibility index (Phi) is 4.85. The molecule has 2 aromatic carbocycles. The largest absolute Gasteiger partial charge is 0.507 e. The first-order valence-corrected chi connectivity index (χ1v) is 7.06. The zero-order valence-electron chi connectivity index (χ0n) is 12.4. The van der Waals surface area contributed by atoms with Crippen molar-refractivity contribution in [1.29, 1.82) is 0 Å². The van der Waals surface area contributed by atoms with E-state index in [1.54, 1.807) is 36.4 Å². The van der Waals surface area contributed by atoms with Crippen LogP contribution >= 0.6 is 0 Å². The third-order valence-corrected chi connectivity index (χ3v) is 3.55. The van der Waals surface area contributed by atoms with Crippen LogP contribution in [0.2, 0.25) is 0 Å². The lowest BCUT2D eigenvalue weighted by molar-refractivity contribution is 0.0305. The molecule has 116 valence electrons. The van der Waals surface area contributed by atoms with Crippen LogP contribution < -0.4 is 0 Å². The molecule has 2 atom stereocenters. The third kappa shape index (κ3) is 3.30. The van der Waals surface area contributed by atoms with Gasteiger partial charge in [0.2, 0.25) is 0 Å². The first-order valence-electron chi connectivity index (χ1n) is 7.06. The molecule has 0 fully saturated rings. The fourth-order valence-electron chi connectivity index (χ4n) is 2.32. The van der Waals surface area contributed by atoms with Crippen molar-refractivity contribution in [2.75, 3.05) is 0 Å². The highest BCUT2D eigenvalue weighted by Crippen LogP contribution is 2.37. The molecule has 0 saturated heterocycles. The fourth-order valence-corrected chi connectivity index (χ4v) is 2.32. The Bertz CT molecular complexity index is 677. The van der Waals surface area contributed by atoms with Crippen LogP contribution in [-0.4, -0.2) is 26.5 Å². The number of hydrogen-bond acceptors (Lipinski definition) is 4. The number of phenols is 2. The molecule has 0 aromatic heterocycles. The highest BCUT2D eigenvalue weighted by atomic mass is 16.3. The lowest BCUT2D eigenvalue weighted by Gasteiger charge is -2.16. The minimum absolute atomic E-state index is 0.00686. The normalized spacial score (nSPS) is 13.6. The molecule has 2 aromatic rings. The molecular formula is C18H20O4. The molecule has 0 saturated carbocycles. The number of benzene rings is 2. The highest BCUT2D eigenvalue weighted by molar-refractivity contribution is 5.76. The standard InChI is InChI=1S/C18H20O4/c1-3-4-12-5-7-16(20)14(9-12)15-10-13(6-8-17(15)21)18(22)11(2)19/h3,5-11,18-22H,1,4H2,2H3/t11-,18+/m0/s1. The van der Waals surface area contributed by atoms with Gasteiger partial charge in [0.15, 0.2) is 0 Å². The second kappa shape index (κ2) is 6.64. The van der Waals surface area contributed by atoms with E-state index in [4.69, 9.17) is 0 Å². The molecule has 4 N–H and O–H groups in total. The van der Waals surface area contributed by atoms with Gasteiger partial charge in [0, 0.05) is 11.1 Å². The minimum atomic E-state index is -1.06. The van der Waals surface area contributed by atoms with Gasteiger partial charge in [-0.15, -0.1) is 6.58 Å². The number of aliphatic hydroxyl groups excluding tert-OH is 2.